The van der Waals surface area contributed by atoms with Crippen LogP contribution < -0.4 is 10.6 Å². The van der Waals surface area contributed by atoms with Gasteiger partial charge in [-0.3, -0.25) is 4.79 Å². The summed E-state index contributed by atoms with van der Waals surface area (Å²) < 4.78 is 0. The monoisotopic (exact) mass is 357 g/mol. The molecule has 1 aliphatic rings. The molecule has 5 heteroatoms. The quantitative estimate of drug-likeness (QED) is 0.760. The Morgan fingerprint density at radius 2 is 1.84 bits per heavy atom. The van der Waals surface area contributed by atoms with Crippen molar-refractivity contribution < 1.29 is 4.79 Å². The number of nitrogens with one attached hydrogen (secondary N) is 2. The summed E-state index contributed by atoms with van der Waals surface area (Å²) in [5, 5.41) is 10.7. The number of piperidine rings is 1. The molecule has 4 nitrogen and oxygen atoms in total. The largest absolute Gasteiger partial charge is 0.381 e. The second-order valence-electron chi connectivity index (χ2n) is 6.61. The maximum absolute atomic E-state index is 12.1. The zero-order chi connectivity index (χ0) is 17.3. The lowest BCUT2D eigenvalue weighted by Gasteiger charge is -2.26. The molecule has 0 aliphatic carbocycles. The molecule has 2 aromatic rings. The summed E-state index contributed by atoms with van der Waals surface area (Å²) in [5.74, 6) is 0.107. The summed E-state index contributed by atoms with van der Waals surface area (Å²) in [6.07, 6.45) is 4.38. The van der Waals surface area contributed by atoms with Crippen LogP contribution in [0.5, 0.6) is 0 Å². The van der Waals surface area contributed by atoms with Crippen LogP contribution in [0.25, 0.3) is 0 Å². The van der Waals surface area contributed by atoms with Crippen LogP contribution in [-0.4, -0.2) is 37.0 Å². The average molecular weight is 358 g/mol. The van der Waals surface area contributed by atoms with Crippen LogP contribution in [0, 0.1) is 0 Å². The summed E-state index contributed by atoms with van der Waals surface area (Å²) in [5.41, 5.74) is 3.43. The predicted octanol–water partition coefficient (Wildman–Crippen LogP) is 3.50. The Morgan fingerprint density at radius 3 is 2.56 bits per heavy atom. The third-order valence-corrected chi connectivity index (χ3v) is 5.33. The van der Waals surface area contributed by atoms with Crippen LogP contribution in [-0.2, 0) is 17.8 Å². The first-order valence-electron chi connectivity index (χ1n) is 9.12. The summed E-state index contributed by atoms with van der Waals surface area (Å²) in [4.78, 5) is 14.5. The molecular formula is C20H27N3OS. The Kier molecular flexibility index (Phi) is 6.89. The third-order valence-electron chi connectivity index (χ3n) is 4.59. The van der Waals surface area contributed by atoms with Crippen LogP contribution in [0.15, 0.2) is 41.1 Å². The van der Waals surface area contributed by atoms with Crippen molar-refractivity contribution in [2.24, 2.45) is 0 Å². The molecule has 3 rings (SSSR count). The van der Waals surface area contributed by atoms with Crippen molar-refractivity contribution >= 4 is 22.9 Å². The molecule has 1 amide bonds. The Labute approximate surface area is 154 Å². The Morgan fingerprint density at radius 1 is 1.04 bits per heavy atom. The summed E-state index contributed by atoms with van der Waals surface area (Å²) in [7, 11) is 0. The van der Waals surface area contributed by atoms with Crippen molar-refractivity contribution in [3.63, 3.8) is 0 Å². The van der Waals surface area contributed by atoms with Gasteiger partial charge in [0.15, 0.2) is 0 Å². The molecule has 0 spiro atoms. The molecule has 2 heterocycles. The molecule has 1 aliphatic heterocycles. The lowest BCUT2D eigenvalue weighted by atomic mass is 10.1. The molecular weight excluding hydrogens is 330 g/mol. The van der Waals surface area contributed by atoms with Crippen LogP contribution in [0.3, 0.4) is 0 Å². The molecule has 1 aromatic heterocycles. The molecule has 0 radical (unpaired) electrons. The zero-order valence-corrected chi connectivity index (χ0v) is 15.5. The number of carbonyl (C=O) groups is 1. The molecule has 0 bridgehead atoms. The van der Waals surface area contributed by atoms with Crippen molar-refractivity contribution in [3.05, 3.63) is 52.2 Å². The third kappa shape index (κ3) is 6.18. The van der Waals surface area contributed by atoms with Crippen molar-refractivity contribution in [2.45, 2.75) is 32.2 Å². The smallest absolute Gasteiger partial charge is 0.224 e. The minimum absolute atomic E-state index is 0.107. The van der Waals surface area contributed by atoms with E-state index in [1.54, 1.807) is 11.3 Å². The highest BCUT2D eigenvalue weighted by Gasteiger charge is 2.10. The standard InChI is InChI=1S/C20H27N3OS/c24-20(21-9-12-23-10-2-1-3-11-23)14-17-4-6-19(7-5-17)22-15-18-8-13-25-16-18/h4-8,13,16,22H,1-3,9-12,14-15H2,(H,21,24). The number of nitrogens with zero attached hydrogens (tertiary/aromatic N) is 1. The minimum atomic E-state index is 0.107. The first-order chi connectivity index (χ1) is 12.3. The van der Waals surface area contributed by atoms with Gasteiger partial charge < -0.3 is 15.5 Å². The summed E-state index contributed by atoms with van der Waals surface area (Å²) in [6, 6.07) is 10.3. The number of anilines is 1. The zero-order valence-electron chi connectivity index (χ0n) is 14.7. The van der Waals surface area contributed by atoms with Gasteiger partial charge in [-0.25, -0.2) is 0 Å². The molecule has 25 heavy (non-hydrogen) atoms. The summed E-state index contributed by atoms with van der Waals surface area (Å²) in [6.45, 7) is 4.90. The van der Waals surface area contributed by atoms with Crippen LogP contribution in [0.4, 0.5) is 5.69 Å². The fourth-order valence-electron chi connectivity index (χ4n) is 3.12. The second kappa shape index (κ2) is 9.59. The molecule has 0 atom stereocenters. The van der Waals surface area contributed by atoms with Gasteiger partial charge in [-0.2, -0.15) is 11.3 Å². The number of hydrogen-bond donors (Lipinski definition) is 2. The molecule has 1 fully saturated rings. The van der Waals surface area contributed by atoms with Gasteiger partial charge in [0.25, 0.3) is 0 Å². The van der Waals surface area contributed by atoms with Gasteiger partial charge in [-0.1, -0.05) is 18.6 Å². The van der Waals surface area contributed by atoms with E-state index < -0.39 is 0 Å². The molecule has 0 unspecified atom stereocenters. The van der Waals surface area contributed by atoms with Gasteiger partial charge in [0.2, 0.25) is 5.91 Å². The van der Waals surface area contributed by atoms with E-state index in [4.69, 9.17) is 0 Å². The predicted molar refractivity (Wildman–Crippen MR) is 105 cm³/mol. The van der Waals surface area contributed by atoms with Crippen molar-refractivity contribution in [3.8, 4) is 0 Å². The van der Waals surface area contributed by atoms with E-state index in [-0.39, 0.29) is 5.91 Å². The van der Waals surface area contributed by atoms with Crippen LogP contribution >= 0.6 is 11.3 Å². The fourth-order valence-corrected chi connectivity index (χ4v) is 3.79. The first-order valence-corrected chi connectivity index (χ1v) is 10.1. The van der Waals surface area contributed by atoms with E-state index in [1.807, 2.05) is 24.3 Å². The van der Waals surface area contributed by atoms with Gasteiger partial charge in [0.05, 0.1) is 6.42 Å². The van der Waals surface area contributed by atoms with E-state index in [0.717, 1.165) is 30.9 Å². The average Bonchev–Trinajstić information content (AvgIpc) is 3.16. The topological polar surface area (TPSA) is 44.4 Å². The molecule has 134 valence electrons. The lowest BCUT2D eigenvalue weighted by molar-refractivity contribution is -0.120. The summed E-state index contributed by atoms with van der Waals surface area (Å²) >= 11 is 1.71. The maximum Gasteiger partial charge on any atom is 0.224 e. The molecule has 2 N–H and O–H groups in total. The van der Waals surface area contributed by atoms with E-state index in [9.17, 15) is 4.79 Å². The van der Waals surface area contributed by atoms with Gasteiger partial charge in [-0.15, -0.1) is 0 Å². The maximum atomic E-state index is 12.1. The molecule has 1 saturated heterocycles. The van der Waals surface area contributed by atoms with E-state index in [1.165, 1.54) is 37.9 Å². The van der Waals surface area contributed by atoms with Gasteiger partial charge >= 0.3 is 0 Å². The Hall–Kier alpha value is -1.85. The molecule has 0 saturated carbocycles. The Bertz CT molecular complexity index is 633. The van der Waals surface area contributed by atoms with E-state index in [2.05, 4.69) is 32.4 Å². The highest BCUT2D eigenvalue weighted by molar-refractivity contribution is 7.07. The number of likely N-dealkylation sites (tertiary alicyclic amines) is 1. The SMILES string of the molecule is O=C(Cc1ccc(NCc2ccsc2)cc1)NCCN1CCCCC1. The number of carbonyl (C=O) groups excluding carboxylic acids is 1. The number of benzene rings is 1. The minimum Gasteiger partial charge on any atom is -0.381 e. The lowest BCUT2D eigenvalue weighted by Crippen LogP contribution is -2.38. The van der Waals surface area contributed by atoms with Crippen molar-refractivity contribution in [1.82, 2.24) is 10.2 Å². The number of amides is 1. The fraction of sp³-hybridized carbons (Fsp3) is 0.450. The van der Waals surface area contributed by atoms with Crippen LogP contribution in [0.1, 0.15) is 30.4 Å². The highest BCUT2D eigenvalue weighted by Crippen LogP contribution is 2.13. The highest BCUT2D eigenvalue weighted by atomic mass is 32.1. The molecule has 1 aromatic carbocycles. The Balaban J connectivity index is 1.36. The van der Waals surface area contributed by atoms with Gasteiger partial charge in [0.1, 0.15) is 0 Å². The van der Waals surface area contributed by atoms with Crippen LogP contribution in [0.2, 0.25) is 0 Å². The van der Waals surface area contributed by atoms with E-state index in [0.29, 0.717) is 6.42 Å². The van der Waals surface area contributed by atoms with Crippen molar-refractivity contribution in [2.75, 3.05) is 31.5 Å². The number of thiophene rings is 1. The van der Waals surface area contributed by atoms with Gasteiger partial charge in [0, 0.05) is 25.3 Å². The van der Waals surface area contributed by atoms with Crippen molar-refractivity contribution in [1.29, 1.82) is 0 Å². The number of hydrogen-bond acceptors (Lipinski definition) is 4. The van der Waals surface area contributed by atoms with E-state index >= 15 is 0 Å². The van der Waals surface area contributed by atoms with Gasteiger partial charge in [-0.05, 0) is 66.0 Å². The second-order valence-corrected chi connectivity index (χ2v) is 7.39. The normalized spacial score (nSPS) is 15.0. The first kappa shape index (κ1) is 18.0. The number of rotatable bonds is 8.